The fourth-order valence-electron chi connectivity index (χ4n) is 3.04. The van der Waals surface area contributed by atoms with Crippen molar-refractivity contribution in [2.75, 3.05) is 17.2 Å². The molecular weight excluding hydrogens is 435 g/mol. The van der Waals surface area contributed by atoms with Crippen molar-refractivity contribution in [3.8, 4) is 5.75 Å². The summed E-state index contributed by atoms with van der Waals surface area (Å²) >= 11 is 1.18. The Balaban J connectivity index is 1.95. The predicted molar refractivity (Wildman–Crippen MR) is 122 cm³/mol. The van der Waals surface area contributed by atoms with E-state index in [0.29, 0.717) is 26.5 Å². The third-order valence-electron chi connectivity index (χ3n) is 4.55. The van der Waals surface area contributed by atoms with Crippen LogP contribution in [0.4, 0.5) is 15.1 Å². The Hall–Kier alpha value is -3.46. The van der Waals surface area contributed by atoms with Gasteiger partial charge in [0.1, 0.15) is 22.1 Å². The molecule has 0 fully saturated rings. The van der Waals surface area contributed by atoms with Gasteiger partial charge in [0.2, 0.25) is 5.91 Å². The van der Waals surface area contributed by atoms with Gasteiger partial charge in [-0.25, -0.2) is 9.18 Å². The Morgan fingerprint density at radius 3 is 2.41 bits per heavy atom. The van der Waals surface area contributed by atoms with Crippen LogP contribution in [0, 0.1) is 12.7 Å². The summed E-state index contributed by atoms with van der Waals surface area (Å²) in [5.74, 6) is -1.28. The summed E-state index contributed by atoms with van der Waals surface area (Å²) in [6.45, 7) is 6.65. The maximum absolute atomic E-state index is 13.1. The van der Waals surface area contributed by atoms with Crippen molar-refractivity contribution in [1.82, 2.24) is 0 Å². The molecule has 1 atom stereocenters. The van der Waals surface area contributed by atoms with Crippen molar-refractivity contribution < 1.29 is 28.2 Å². The minimum atomic E-state index is -0.887. The fourth-order valence-corrected chi connectivity index (χ4v) is 4.32. The van der Waals surface area contributed by atoms with Gasteiger partial charge in [-0.3, -0.25) is 9.59 Å². The molecule has 0 aliphatic rings. The second kappa shape index (κ2) is 9.78. The van der Waals surface area contributed by atoms with E-state index in [4.69, 9.17) is 9.47 Å². The molecule has 0 saturated heterocycles. The number of carbonyl (C=O) groups is 3. The number of aryl methyl sites for hydroxylation is 1. The van der Waals surface area contributed by atoms with Crippen LogP contribution in [0.5, 0.6) is 5.75 Å². The van der Waals surface area contributed by atoms with E-state index in [1.165, 1.54) is 42.5 Å². The molecule has 0 radical (unpaired) electrons. The molecule has 1 heterocycles. The standard InChI is InChI=1S/C23H23FN2O5S/c1-5-30-23(29)18-17-11-6-12(2)19(20(17)32-22(18)25-14(4)27)31-13(3)21(28)26-16-9-7-15(24)8-10-16/h6-11,13H,5H2,1-4H3,(H,25,27)(H,26,28)/t13-/m1/s1. The topological polar surface area (TPSA) is 93.7 Å². The van der Waals surface area contributed by atoms with Crippen LogP contribution in [-0.4, -0.2) is 30.5 Å². The number of hydrogen-bond acceptors (Lipinski definition) is 6. The van der Waals surface area contributed by atoms with Gasteiger partial charge in [0.05, 0.1) is 11.3 Å². The number of fused-ring (bicyclic) bond motifs is 1. The van der Waals surface area contributed by atoms with E-state index >= 15 is 0 Å². The van der Waals surface area contributed by atoms with E-state index in [-0.39, 0.29) is 18.1 Å². The Morgan fingerprint density at radius 2 is 1.78 bits per heavy atom. The fraction of sp³-hybridized carbons (Fsp3) is 0.261. The van der Waals surface area contributed by atoms with Gasteiger partial charge < -0.3 is 20.1 Å². The lowest BCUT2D eigenvalue weighted by atomic mass is 10.1. The Kier molecular flexibility index (Phi) is 7.09. The molecule has 0 bridgehead atoms. The summed E-state index contributed by atoms with van der Waals surface area (Å²) in [5.41, 5.74) is 1.44. The number of carbonyl (C=O) groups excluding carboxylic acids is 3. The number of nitrogens with one attached hydrogen (secondary N) is 2. The van der Waals surface area contributed by atoms with Gasteiger partial charge in [-0.05, 0) is 50.6 Å². The summed E-state index contributed by atoms with van der Waals surface area (Å²) in [7, 11) is 0. The van der Waals surface area contributed by atoms with E-state index in [0.717, 1.165) is 5.56 Å². The third kappa shape index (κ3) is 5.05. The summed E-state index contributed by atoms with van der Waals surface area (Å²) in [6.07, 6.45) is -0.887. The third-order valence-corrected chi connectivity index (χ3v) is 5.67. The van der Waals surface area contributed by atoms with Gasteiger partial charge in [0, 0.05) is 18.0 Å². The van der Waals surface area contributed by atoms with Gasteiger partial charge in [0.25, 0.3) is 5.91 Å². The average molecular weight is 459 g/mol. The number of halogens is 1. The molecule has 7 nitrogen and oxygen atoms in total. The molecule has 3 aromatic rings. The van der Waals surface area contributed by atoms with E-state index in [1.807, 2.05) is 6.92 Å². The highest BCUT2D eigenvalue weighted by atomic mass is 32.1. The molecule has 2 N–H and O–H groups in total. The SMILES string of the molecule is CCOC(=O)c1c(NC(C)=O)sc2c(O[C@H](C)C(=O)Nc3ccc(F)cc3)c(C)ccc12. The first kappa shape index (κ1) is 23.2. The van der Waals surface area contributed by atoms with E-state index in [2.05, 4.69) is 10.6 Å². The molecule has 32 heavy (non-hydrogen) atoms. The van der Waals surface area contributed by atoms with Crippen LogP contribution in [0.1, 0.15) is 36.7 Å². The number of hydrogen-bond donors (Lipinski definition) is 2. The molecule has 2 amide bonds. The van der Waals surface area contributed by atoms with E-state index in [1.54, 1.807) is 26.0 Å². The average Bonchev–Trinajstić information content (AvgIpc) is 3.09. The lowest BCUT2D eigenvalue weighted by molar-refractivity contribution is -0.122. The van der Waals surface area contributed by atoms with Crippen LogP contribution in [0.25, 0.3) is 10.1 Å². The minimum absolute atomic E-state index is 0.186. The number of rotatable bonds is 7. The Bertz CT molecular complexity index is 1170. The molecule has 1 aromatic heterocycles. The molecule has 168 valence electrons. The minimum Gasteiger partial charge on any atom is -0.479 e. The first-order valence-corrected chi connectivity index (χ1v) is 10.8. The van der Waals surface area contributed by atoms with Crippen molar-refractivity contribution in [3.63, 3.8) is 0 Å². The smallest absolute Gasteiger partial charge is 0.341 e. The largest absolute Gasteiger partial charge is 0.479 e. The van der Waals surface area contributed by atoms with Crippen LogP contribution in [-0.2, 0) is 14.3 Å². The summed E-state index contributed by atoms with van der Waals surface area (Å²) < 4.78 is 24.9. The van der Waals surface area contributed by atoms with Gasteiger partial charge in [0.15, 0.2) is 6.10 Å². The lowest BCUT2D eigenvalue weighted by Crippen LogP contribution is -2.30. The van der Waals surface area contributed by atoms with Crippen LogP contribution < -0.4 is 15.4 Å². The predicted octanol–water partition coefficient (Wildman–Crippen LogP) is 4.89. The number of amides is 2. The molecule has 3 rings (SSSR count). The molecule has 0 aliphatic carbocycles. The zero-order chi connectivity index (χ0) is 23.4. The van der Waals surface area contributed by atoms with Crippen molar-refractivity contribution in [1.29, 1.82) is 0 Å². The van der Waals surface area contributed by atoms with Gasteiger partial charge >= 0.3 is 5.97 Å². The van der Waals surface area contributed by atoms with E-state index < -0.39 is 23.8 Å². The van der Waals surface area contributed by atoms with E-state index in [9.17, 15) is 18.8 Å². The number of ether oxygens (including phenoxy) is 2. The molecule has 9 heteroatoms. The normalized spacial score (nSPS) is 11.7. The van der Waals surface area contributed by atoms with Crippen LogP contribution in [0.2, 0.25) is 0 Å². The lowest BCUT2D eigenvalue weighted by Gasteiger charge is -2.17. The summed E-state index contributed by atoms with van der Waals surface area (Å²) in [4.78, 5) is 36.9. The van der Waals surface area contributed by atoms with Crippen LogP contribution in [0.15, 0.2) is 36.4 Å². The van der Waals surface area contributed by atoms with Crippen molar-refractivity contribution >= 4 is 49.9 Å². The van der Waals surface area contributed by atoms with Crippen molar-refractivity contribution in [2.24, 2.45) is 0 Å². The highest BCUT2D eigenvalue weighted by Crippen LogP contribution is 2.43. The molecule has 0 unspecified atom stereocenters. The quantitative estimate of drug-likeness (QED) is 0.492. The monoisotopic (exact) mass is 458 g/mol. The second-order valence-corrected chi connectivity index (χ2v) is 8.07. The number of thiophene rings is 1. The first-order chi connectivity index (χ1) is 15.2. The summed E-state index contributed by atoms with van der Waals surface area (Å²) in [5, 5.41) is 6.26. The number of benzene rings is 2. The van der Waals surface area contributed by atoms with Gasteiger partial charge in [-0.2, -0.15) is 0 Å². The molecule has 0 saturated carbocycles. The maximum atomic E-state index is 13.1. The molecular formula is C23H23FN2O5S. The Morgan fingerprint density at radius 1 is 1.09 bits per heavy atom. The van der Waals surface area contributed by atoms with Crippen LogP contribution in [0.3, 0.4) is 0 Å². The molecule has 0 aliphatic heterocycles. The Labute approximate surface area is 188 Å². The molecule has 2 aromatic carbocycles. The van der Waals surface area contributed by atoms with Crippen LogP contribution >= 0.6 is 11.3 Å². The zero-order valence-corrected chi connectivity index (χ0v) is 18.9. The van der Waals surface area contributed by atoms with Crippen molar-refractivity contribution in [3.05, 3.63) is 53.3 Å². The van der Waals surface area contributed by atoms with Crippen molar-refractivity contribution in [2.45, 2.75) is 33.8 Å². The second-order valence-electron chi connectivity index (χ2n) is 7.05. The highest BCUT2D eigenvalue weighted by Gasteiger charge is 2.25. The van der Waals surface area contributed by atoms with Gasteiger partial charge in [-0.1, -0.05) is 12.1 Å². The maximum Gasteiger partial charge on any atom is 0.341 e. The highest BCUT2D eigenvalue weighted by molar-refractivity contribution is 7.24. The number of anilines is 2. The molecule has 0 spiro atoms. The van der Waals surface area contributed by atoms with Gasteiger partial charge in [-0.15, -0.1) is 11.3 Å². The number of esters is 1. The zero-order valence-electron chi connectivity index (χ0n) is 18.1. The first-order valence-electron chi connectivity index (χ1n) is 9.95. The summed E-state index contributed by atoms with van der Waals surface area (Å²) in [6, 6.07) is 8.94.